The van der Waals surface area contributed by atoms with Crippen molar-refractivity contribution in [3.63, 3.8) is 0 Å². The molecule has 0 aliphatic carbocycles. The zero-order chi connectivity index (χ0) is 12.3. The van der Waals surface area contributed by atoms with Gasteiger partial charge in [0.2, 0.25) is 0 Å². The standard InChI is InChI=1S/C11H13F4N/c1-7(16)10(12)6-8-3-2-4-9(5-8)11(13,14)15/h2-5,7,10H,6,16H2,1H3. The largest absolute Gasteiger partial charge is 0.416 e. The Morgan fingerprint density at radius 1 is 1.31 bits per heavy atom. The summed E-state index contributed by atoms with van der Waals surface area (Å²) in [7, 11) is 0. The number of hydrogen-bond donors (Lipinski definition) is 1. The first-order valence-electron chi connectivity index (χ1n) is 4.86. The second-order valence-electron chi connectivity index (χ2n) is 3.78. The molecule has 0 spiro atoms. The first-order valence-corrected chi connectivity index (χ1v) is 4.86. The zero-order valence-electron chi connectivity index (χ0n) is 8.76. The average Bonchev–Trinajstić information content (AvgIpc) is 2.16. The third-order valence-electron chi connectivity index (χ3n) is 2.26. The molecule has 2 unspecified atom stereocenters. The molecule has 1 aromatic rings. The number of benzene rings is 1. The lowest BCUT2D eigenvalue weighted by atomic mass is 10.0. The Labute approximate surface area is 91.3 Å². The van der Waals surface area contributed by atoms with Crippen LogP contribution in [0.3, 0.4) is 0 Å². The molecular formula is C11H13F4N. The molecule has 1 rings (SSSR count). The van der Waals surface area contributed by atoms with E-state index in [4.69, 9.17) is 5.73 Å². The highest BCUT2D eigenvalue weighted by Crippen LogP contribution is 2.29. The molecule has 0 saturated carbocycles. The Morgan fingerprint density at radius 3 is 2.44 bits per heavy atom. The summed E-state index contributed by atoms with van der Waals surface area (Å²) in [6, 6.07) is 3.96. The maximum Gasteiger partial charge on any atom is 0.416 e. The van der Waals surface area contributed by atoms with Crippen molar-refractivity contribution >= 4 is 0 Å². The van der Waals surface area contributed by atoms with Crippen molar-refractivity contribution in [1.82, 2.24) is 0 Å². The Kier molecular flexibility index (Phi) is 3.91. The Hall–Kier alpha value is -1.10. The Balaban J connectivity index is 2.83. The summed E-state index contributed by atoms with van der Waals surface area (Å²) in [6.07, 6.45) is -5.82. The summed E-state index contributed by atoms with van der Waals surface area (Å²) >= 11 is 0. The molecule has 0 heterocycles. The van der Waals surface area contributed by atoms with Crippen LogP contribution in [0.4, 0.5) is 17.6 Å². The highest BCUT2D eigenvalue weighted by Gasteiger charge is 2.30. The normalized spacial score (nSPS) is 15.9. The Bertz CT molecular complexity index is 346. The highest BCUT2D eigenvalue weighted by molar-refractivity contribution is 5.26. The van der Waals surface area contributed by atoms with E-state index in [1.807, 2.05) is 0 Å². The molecule has 1 nitrogen and oxygen atoms in total. The summed E-state index contributed by atoms with van der Waals surface area (Å²) < 4.78 is 50.3. The van der Waals surface area contributed by atoms with Crippen molar-refractivity contribution in [2.75, 3.05) is 0 Å². The molecule has 5 heteroatoms. The second kappa shape index (κ2) is 4.82. The van der Waals surface area contributed by atoms with Gasteiger partial charge in [-0.15, -0.1) is 0 Å². The van der Waals surface area contributed by atoms with Gasteiger partial charge in [0.15, 0.2) is 0 Å². The van der Waals surface area contributed by atoms with Crippen molar-refractivity contribution in [3.8, 4) is 0 Å². The molecule has 90 valence electrons. The fourth-order valence-electron chi connectivity index (χ4n) is 1.29. The Morgan fingerprint density at radius 2 is 1.94 bits per heavy atom. The molecule has 16 heavy (non-hydrogen) atoms. The summed E-state index contributed by atoms with van der Waals surface area (Å²) in [6.45, 7) is 1.48. The van der Waals surface area contributed by atoms with Gasteiger partial charge in [0.1, 0.15) is 6.17 Å². The molecule has 0 aromatic heterocycles. The smallest absolute Gasteiger partial charge is 0.325 e. The summed E-state index contributed by atoms with van der Waals surface area (Å²) in [4.78, 5) is 0. The minimum atomic E-state index is -4.39. The van der Waals surface area contributed by atoms with E-state index in [1.165, 1.54) is 19.1 Å². The van der Waals surface area contributed by atoms with Crippen molar-refractivity contribution in [3.05, 3.63) is 35.4 Å². The van der Waals surface area contributed by atoms with Gasteiger partial charge in [-0.05, 0) is 18.6 Å². The van der Waals surface area contributed by atoms with E-state index in [0.717, 1.165) is 12.1 Å². The van der Waals surface area contributed by atoms with Crippen LogP contribution < -0.4 is 5.73 Å². The number of rotatable bonds is 3. The van der Waals surface area contributed by atoms with E-state index in [-0.39, 0.29) is 6.42 Å². The van der Waals surface area contributed by atoms with Crippen LogP contribution >= 0.6 is 0 Å². The lowest BCUT2D eigenvalue weighted by Gasteiger charge is -2.13. The van der Waals surface area contributed by atoms with Gasteiger partial charge in [-0.1, -0.05) is 18.2 Å². The lowest BCUT2D eigenvalue weighted by Crippen LogP contribution is -2.29. The van der Waals surface area contributed by atoms with E-state index < -0.39 is 24.0 Å². The molecule has 0 fully saturated rings. The molecule has 2 atom stereocenters. The van der Waals surface area contributed by atoms with Crippen molar-refractivity contribution in [1.29, 1.82) is 0 Å². The van der Waals surface area contributed by atoms with Gasteiger partial charge in [0, 0.05) is 12.5 Å². The van der Waals surface area contributed by atoms with Gasteiger partial charge in [-0.25, -0.2) is 4.39 Å². The molecular weight excluding hydrogens is 222 g/mol. The topological polar surface area (TPSA) is 26.0 Å². The average molecular weight is 235 g/mol. The van der Waals surface area contributed by atoms with Crippen LogP contribution in [0.2, 0.25) is 0 Å². The van der Waals surface area contributed by atoms with Crippen LogP contribution in [-0.4, -0.2) is 12.2 Å². The molecule has 0 bridgehead atoms. The zero-order valence-corrected chi connectivity index (χ0v) is 8.76. The minimum absolute atomic E-state index is 0.0956. The van der Waals surface area contributed by atoms with E-state index >= 15 is 0 Å². The predicted molar refractivity (Wildman–Crippen MR) is 53.7 cm³/mol. The van der Waals surface area contributed by atoms with Gasteiger partial charge in [0.05, 0.1) is 5.56 Å². The van der Waals surface area contributed by atoms with Crippen molar-refractivity contribution in [2.24, 2.45) is 5.73 Å². The quantitative estimate of drug-likeness (QED) is 0.801. The summed E-state index contributed by atoms with van der Waals surface area (Å²) in [5.41, 5.74) is 4.85. The van der Waals surface area contributed by atoms with E-state index in [9.17, 15) is 17.6 Å². The van der Waals surface area contributed by atoms with Crippen molar-refractivity contribution in [2.45, 2.75) is 31.7 Å². The van der Waals surface area contributed by atoms with Gasteiger partial charge >= 0.3 is 6.18 Å². The van der Waals surface area contributed by atoms with Crippen LogP contribution in [0, 0.1) is 0 Å². The SMILES string of the molecule is CC(N)C(F)Cc1cccc(C(F)(F)F)c1. The summed E-state index contributed by atoms with van der Waals surface area (Å²) in [5.74, 6) is 0. The van der Waals surface area contributed by atoms with E-state index in [0.29, 0.717) is 5.56 Å². The predicted octanol–water partition coefficient (Wildman–Crippen LogP) is 2.93. The maximum absolute atomic E-state index is 13.2. The number of hydrogen-bond acceptors (Lipinski definition) is 1. The molecule has 0 amide bonds. The molecule has 0 aliphatic heterocycles. The third-order valence-corrected chi connectivity index (χ3v) is 2.26. The minimum Gasteiger partial charge on any atom is -0.325 e. The molecule has 2 N–H and O–H groups in total. The molecule has 0 radical (unpaired) electrons. The fourth-order valence-corrected chi connectivity index (χ4v) is 1.29. The third kappa shape index (κ3) is 3.48. The highest BCUT2D eigenvalue weighted by atomic mass is 19.4. The fraction of sp³-hybridized carbons (Fsp3) is 0.455. The molecule has 0 saturated heterocycles. The van der Waals surface area contributed by atoms with Crippen molar-refractivity contribution < 1.29 is 17.6 Å². The van der Waals surface area contributed by atoms with Crippen LogP contribution in [-0.2, 0) is 12.6 Å². The molecule has 0 aliphatic rings. The van der Waals surface area contributed by atoms with Crippen LogP contribution in [0.25, 0.3) is 0 Å². The van der Waals surface area contributed by atoms with Gasteiger partial charge in [-0.3, -0.25) is 0 Å². The second-order valence-corrected chi connectivity index (χ2v) is 3.78. The number of alkyl halides is 4. The van der Waals surface area contributed by atoms with E-state index in [1.54, 1.807) is 0 Å². The van der Waals surface area contributed by atoms with Crippen LogP contribution in [0.5, 0.6) is 0 Å². The number of nitrogens with two attached hydrogens (primary N) is 1. The van der Waals surface area contributed by atoms with Crippen LogP contribution in [0.15, 0.2) is 24.3 Å². The summed E-state index contributed by atoms with van der Waals surface area (Å²) in [5, 5.41) is 0. The van der Waals surface area contributed by atoms with Crippen LogP contribution in [0.1, 0.15) is 18.1 Å². The van der Waals surface area contributed by atoms with Gasteiger partial charge in [-0.2, -0.15) is 13.2 Å². The lowest BCUT2D eigenvalue weighted by molar-refractivity contribution is -0.137. The first kappa shape index (κ1) is 13.0. The first-order chi connectivity index (χ1) is 7.30. The molecule has 1 aromatic carbocycles. The maximum atomic E-state index is 13.2. The van der Waals surface area contributed by atoms with Gasteiger partial charge < -0.3 is 5.73 Å². The van der Waals surface area contributed by atoms with Gasteiger partial charge in [0.25, 0.3) is 0 Å². The monoisotopic (exact) mass is 235 g/mol. The van der Waals surface area contributed by atoms with E-state index in [2.05, 4.69) is 0 Å². The number of halogens is 4.